The molecule has 5 heteroatoms. The highest BCUT2D eigenvalue weighted by molar-refractivity contribution is 7.96. The Morgan fingerprint density at radius 2 is 2.29 bits per heavy atom. The van der Waals surface area contributed by atoms with E-state index in [9.17, 15) is 4.21 Å². The Balaban J connectivity index is 2.40. The Morgan fingerprint density at radius 3 is 2.71 bits per heavy atom. The quantitative estimate of drug-likeness (QED) is 0.664. The van der Waals surface area contributed by atoms with Crippen molar-refractivity contribution >= 4 is 15.8 Å². The SMILES string of the molecule is C=S(=O)(NC[C@@H]1CCCN1C)N(C)C. The number of hydrogen-bond donors (Lipinski definition) is 1. The largest absolute Gasteiger partial charge is 0.302 e. The fourth-order valence-electron chi connectivity index (χ4n) is 1.59. The Bertz CT molecular complexity index is 274. The van der Waals surface area contributed by atoms with Crippen molar-refractivity contribution in [2.24, 2.45) is 0 Å². The highest BCUT2D eigenvalue weighted by Crippen LogP contribution is 2.13. The first-order valence-corrected chi connectivity index (χ1v) is 6.61. The van der Waals surface area contributed by atoms with E-state index in [0.717, 1.165) is 13.1 Å². The summed E-state index contributed by atoms with van der Waals surface area (Å²) in [4.78, 5) is 2.30. The molecule has 0 aromatic rings. The molecule has 0 spiro atoms. The third-order valence-electron chi connectivity index (χ3n) is 2.81. The van der Waals surface area contributed by atoms with Gasteiger partial charge >= 0.3 is 0 Å². The van der Waals surface area contributed by atoms with Crippen LogP contribution in [0.3, 0.4) is 0 Å². The lowest BCUT2D eigenvalue weighted by atomic mass is 10.2. The van der Waals surface area contributed by atoms with E-state index in [1.807, 2.05) is 0 Å². The maximum absolute atomic E-state index is 11.8. The molecule has 0 amide bonds. The molecule has 1 rings (SSSR count). The second-order valence-corrected chi connectivity index (χ2v) is 6.38. The third-order valence-corrected chi connectivity index (χ3v) is 4.60. The molecule has 1 N–H and O–H groups in total. The van der Waals surface area contributed by atoms with Gasteiger partial charge in [-0.3, -0.25) is 0 Å². The van der Waals surface area contributed by atoms with Gasteiger partial charge in [-0.2, -0.15) is 0 Å². The number of likely N-dealkylation sites (N-methyl/N-ethyl adjacent to an activating group) is 1. The average molecular weight is 219 g/mol. The molecule has 1 unspecified atom stereocenters. The lowest BCUT2D eigenvalue weighted by molar-refractivity contribution is 0.311. The smallest absolute Gasteiger partial charge is 0.0872 e. The van der Waals surface area contributed by atoms with Gasteiger partial charge in [0.2, 0.25) is 0 Å². The number of likely N-dealkylation sites (tertiary alicyclic amines) is 1. The van der Waals surface area contributed by atoms with Crippen LogP contribution in [0.15, 0.2) is 0 Å². The molecule has 84 valence electrons. The van der Waals surface area contributed by atoms with E-state index < -0.39 is 9.89 Å². The van der Waals surface area contributed by atoms with Crippen molar-refractivity contribution in [1.82, 2.24) is 13.9 Å². The minimum Gasteiger partial charge on any atom is -0.302 e. The Morgan fingerprint density at radius 1 is 1.64 bits per heavy atom. The van der Waals surface area contributed by atoms with Crippen molar-refractivity contribution in [3.05, 3.63) is 0 Å². The van der Waals surface area contributed by atoms with E-state index in [2.05, 4.69) is 22.5 Å². The molecule has 0 saturated carbocycles. The Kier molecular flexibility index (Phi) is 3.94. The van der Waals surface area contributed by atoms with Crippen molar-refractivity contribution in [2.45, 2.75) is 18.9 Å². The minimum absolute atomic E-state index is 0.512. The lowest BCUT2D eigenvalue weighted by Crippen LogP contribution is -2.42. The molecule has 1 fully saturated rings. The van der Waals surface area contributed by atoms with Crippen LogP contribution in [0.2, 0.25) is 0 Å². The van der Waals surface area contributed by atoms with E-state index in [-0.39, 0.29) is 0 Å². The molecule has 1 aliphatic heterocycles. The van der Waals surface area contributed by atoms with E-state index in [1.165, 1.54) is 12.8 Å². The van der Waals surface area contributed by atoms with Crippen LogP contribution in [0.25, 0.3) is 0 Å². The van der Waals surface area contributed by atoms with Crippen molar-refractivity contribution in [3.8, 4) is 0 Å². The van der Waals surface area contributed by atoms with E-state index >= 15 is 0 Å². The zero-order valence-electron chi connectivity index (χ0n) is 9.32. The molecule has 0 aromatic carbocycles. The normalized spacial score (nSPS) is 28.1. The molecular formula is C9H21N3OS. The summed E-state index contributed by atoms with van der Waals surface area (Å²) in [5.74, 6) is 3.68. The predicted octanol–water partition coefficient (Wildman–Crippen LogP) is -0.222. The van der Waals surface area contributed by atoms with Crippen LogP contribution >= 0.6 is 0 Å². The van der Waals surface area contributed by atoms with Crippen molar-refractivity contribution < 1.29 is 4.21 Å². The molecule has 14 heavy (non-hydrogen) atoms. The molecular weight excluding hydrogens is 198 g/mol. The van der Waals surface area contributed by atoms with Crippen LogP contribution in [0.1, 0.15) is 12.8 Å². The molecule has 0 bridgehead atoms. The number of rotatable bonds is 4. The summed E-state index contributed by atoms with van der Waals surface area (Å²) in [5.41, 5.74) is 0. The number of nitrogens with one attached hydrogen (secondary N) is 1. The van der Waals surface area contributed by atoms with Crippen LogP contribution in [0.5, 0.6) is 0 Å². The maximum atomic E-state index is 11.8. The van der Waals surface area contributed by atoms with Gasteiger partial charge in [-0.25, -0.2) is 13.2 Å². The zero-order chi connectivity index (χ0) is 10.8. The van der Waals surface area contributed by atoms with E-state index in [1.54, 1.807) is 18.4 Å². The molecule has 4 nitrogen and oxygen atoms in total. The lowest BCUT2D eigenvalue weighted by Gasteiger charge is -2.23. The first-order chi connectivity index (χ1) is 6.43. The summed E-state index contributed by atoms with van der Waals surface area (Å²) in [6.07, 6.45) is 2.43. The topological polar surface area (TPSA) is 35.6 Å². The van der Waals surface area contributed by atoms with Crippen LogP contribution in [-0.4, -0.2) is 59.6 Å². The molecule has 0 radical (unpaired) electrons. The van der Waals surface area contributed by atoms with Gasteiger partial charge in [0.05, 0.1) is 9.89 Å². The van der Waals surface area contributed by atoms with Crippen LogP contribution in [0.4, 0.5) is 0 Å². The second kappa shape index (κ2) is 4.61. The molecule has 1 saturated heterocycles. The second-order valence-electron chi connectivity index (χ2n) is 4.08. The first-order valence-electron chi connectivity index (χ1n) is 4.93. The number of nitrogens with zero attached hydrogens (tertiary/aromatic N) is 2. The van der Waals surface area contributed by atoms with Gasteiger partial charge in [-0.1, -0.05) is 0 Å². The summed E-state index contributed by atoms with van der Waals surface area (Å²) >= 11 is 0. The maximum Gasteiger partial charge on any atom is 0.0872 e. The van der Waals surface area contributed by atoms with Gasteiger partial charge < -0.3 is 4.90 Å². The Hall–Kier alpha value is -0.100. The Labute approximate surface area is 87.5 Å². The van der Waals surface area contributed by atoms with Crippen molar-refractivity contribution in [3.63, 3.8) is 0 Å². The molecule has 0 aliphatic carbocycles. The van der Waals surface area contributed by atoms with Crippen LogP contribution < -0.4 is 4.72 Å². The standard InChI is InChI=1S/C9H21N3OS/c1-11(2)14(4,13)10-8-9-6-5-7-12(9)3/h9H,4-8H2,1-3H3,(H,10,13)/t9-,14?/m0/s1. The molecule has 1 heterocycles. The van der Waals surface area contributed by atoms with Crippen molar-refractivity contribution in [2.75, 3.05) is 34.2 Å². The van der Waals surface area contributed by atoms with Gasteiger partial charge in [0.15, 0.2) is 0 Å². The van der Waals surface area contributed by atoms with Crippen molar-refractivity contribution in [1.29, 1.82) is 0 Å². The highest BCUT2D eigenvalue weighted by atomic mass is 32.2. The van der Waals surface area contributed by atoms with Gasteiger partial charge in [-0.15, -0.1) is 0 Å². The fraction of sp³-hybridized carbons (Fsp3) is 0.889. The van der Waals surface area contributed by atoms with E-state index in [4.69, 9.17) is 0 Å². The fourth-order valence-corrected chi connectivity index (χ4v) is 2.30. The molecule has 0 aromatic heterocycles. The monoisotopic (exact) mass is 219 g/mol. The summed E-state index contributed by atoms with van der Waals surface area (Å²) in [7, 11) is 3.42. The average Bonchev–Trinajstić information content (AvgIpc) is 2.47. The summed E-state index contributed by atoms with van der Waals surface area (Å²) in [6.45, 7) is 1.91. The zero-order valence-corrected chi connectivity index (χ0v) is 10.1. The van der Waals surface area contributed by atoms with Gasteiger partial charge in [0.25, 0.3) is 0 Å². The first kappa shape index (κ1) is 12.0. The van der Waals surface area contributed by atoms with Crippen LogP contribution in [-0.2, 0) is 9.89 Å². The summed E-state index contributed by atoms with van der Waals surface area (Å²) < 4.78 is 16.5. The molecule has 1 aliphatic rings. The van der Waals surface area contributed by atoms with Crippen LogP contribution in [0, 0.1) is 0 Å². The van der Waals surface area contributed by atoms with Gasteiger partial charge in [0.1, 0.15) is 0 Å². The predicted molar refractivity (Wildman–Crippen MR) is 62.6 cm³/mol. The summed E-state index contributed by atoms with van der Waals surface area (Å²) in [5, 5.41) is 0. The minimum atomic E-state index is -2.25. The molecule has 2 atom stereocenters. The van der Waals surface area contributed by atoms with E-state index in [0.29, 0.717) is 6.04 Å². The summed E-state index contributed by atoms with van der Waals surface area (Å²) in [6, 6.07) is 0.512. The number of hydrogen-bond acceptors (Lipinski definition) is 2. The highest BCUT2D eigenvalue weighted by Gasteiger charge is 2.21. The third kappa shape index (κ3) is 2.95. The van der Waals surface area contributed by atoms with Gasteiger partial charge in [-0.05, 0) is 32.3 Å². The van der Waals surface area contributed by atoms with Gasteiger partial charge in [0, 0.05) is 26.7 Å².